The minimum atomic E-state index is -2.86. The largest absolute Gasteiger partial charge is 0.394 e. The van der Waals surface area contributed by atoms with E-state index in [0.29, 0.717) is 0 Å². The van der Waals surface area contributed by atoms with Gasteiger partial charge in [-0.1, -0.05) is 0 Å². The Bertz CT molecular complexity index is 362. The van der Waals surface area contributed by atoms with E-state index in [0.717, 1.165) is 6.20 Å². The highest BCUT2D eigenvalue weighted by Gasteiger charge is 2.18. The molecule has 0 spiro atoms. The van der Waals surface area contributed by atoms with Crippen molar-refractivity contribution in [2.24, 2.45) is 0 Å². The molecule has 0 amide bonds. The van der Waals surface area contributed by atoms with E-state index in [9.17, 15) is 13.6 Å². The maximum Gasteiger partial charge on any atom is 0.271 e. The zero-order valence-corrected chi connectivity index (χ0v) is 6.55. The summed E-state index contributed by atoms with van der Waals surface area (Å²) in [6.07, 6.45) is -1.83. The number of halogens is 2. The highest BCUT2D eigenvalue weighted by molar-refractivity contribution is 5.48. The van der Waals surface area contributed by atoms with E-state index in [2.05, 4.69) is 4.98 Å². The van der Waals surface area contributed by atoms with Crippen LogP contribution in [0, 0.1) is 0 Å². The molecule has 0 radical (unpaired) electrons. The molecule has 0 bridgehead atoms. The first-order valence-electron chi connectivity index (χ1n) is 3.47. The molecule has 0 aliphatic heterocycles. The first kappa shape index (κ1) is 9.66. The first-order chi connectivity index (χ1) is 6.07. The maximum absolute atomic E-state index is 12.3. The van der Waals surface area contributed by atoms with E-state index < -0.39 is 29.8 Å². The van der Waals surface area contributed by atoms with Gasteiger partial charge in [-0.2, -0.15) is 0 Å². The molecule has 0 saturated heterocycles. The van der Waals surface area contributed by atoms with Crippen LogP contribution in [0.3, 0.4) is 0 Å². The summed E-state index contributed by atoms with van der Waals surface area (Å²) in [6.45, 7) is -0.583. The second-order valence-electron chi connectivity index (χ2n) is 2.43. The maximum atomic E-state index is 12.3. The lowest BCUT2D eigenvalue weighted by molar-refractivity contribution is 0.147. The minimum absolute atomic E-state index is 0.0629. The zero-order chi connectivity index (χ0) is 10.0. The molecule has 6 heteroatoms. The summed E-state index contributed by atoms with van der Waals surface area (Å²) in [5, 5.41) is 8.67. The van der Waals surface area contributed by atoms with Gasteiger partial charge in [0, 0.05) is 11.8 Å². The molecule has 0 aliphatic rings. The Kier molecular flexibility index (Phi) is 2.62. The fourth-order valence-electron chi connectivity index (χ4n) is 0.992. The predicted molar refractivity (Wildman–Crippen MR) is 42.4 cm³/mol. The van der Waals surface area contributed by atoms with Crippen LogP contribution in [0.2, 0.25) is 0 Å². The molecule has 1 aromatic heterocycles. The quantitative estimate of drug-likeness (QED) is 0.631. The molecule has 4 N–H and O–H groups in total. The number of H-pyrrole nitrogens is 1. The molecular weight excluding hydrogens is 182 g/mol. The van der Waals surface area contributed by atoms with Crippen LogP contribution in [0.25, 0.3) is 0 Å². The summed E-state index contributed by atoms with van der Waals surface area (Å²) < 4.78 is 24.6. The molecule has 1 rings (SSSR count). The van der Waals surface area contributed by atoms with Crippen LogP contribution in [-0.4, -0.2) is 10.1 Å². The normalized spacial score (nSPS) is 10.8. The highest BCUT2D eigenvalue weighted by Crippen LogP contribution is 2.25. The van der Waals surface area contributed by atoms with Gasteiger partial charge in [-0.25, -0.2) is 8.78 Å². The molecular formula is C7H8F2N2O2. The van der Waals surface area contributed by atoms with Gasteiger partial charge in [0.1, 0.15) is 5.69 Å². The number of nitrogens with two attached hydrogens (primary N) is 1. The van der Waals surface area contributed by atoms with Gasteiger partial charge in [-0.05, 0) is 0 Å². The third-order valence-electron chi connectivity index (χ3n) is 1.65. The number of aromatic nitrogens is 1. The summed E-state index contributed by atoms with van der Waals surface area (Å²) in [7, 11) is 0. The van der Waals surface area contributed by atoms with E-state index in [1.54, 1.807) is 0 Å². The second-order valence-corrected chi connectivity index (χ2v) is 2.43. The fourth-order valence-corrected chi connectivity index (χ4v) is 0.992. The average molecular weight is 190 g/mol. The molecule has 1 heterocycles. The van der Waals surface area contributed by atoms with E-state index in [1.807, 2.05) is 0 Å². The SMILES string of the molecule is Nc1c(C(F)F)c(CO)c[nH]c1=O. The summed E-state index contributed by atoms with van der Waals surface area (Å²) >= 11 is 0. The minimum Gasteiger partial charge on any atom is -0.394 e. The lowest BCUT2D eigenvalue weighted by Gasteiger charge is -2.07. The number of pyridine rings is 1. The van der Waals surface area contributed by atoms with Gasteiger partial charge in [0.25, 0.3) is 12.0 Å². The lowest BCUT2D eigenvalue weighted by atomic mass is 10.1. The van der Waals surface area contributed by atoms with Crippen molar-refractivity contribution in [1.29, 1.82) is 0 Å². The first-order valence-corrected chi connectivity index (χ1v) is 3.47. The molecule has 1 aromatic rings. The van der Waals surface area contributed by atoms with Gasteiger partial charge in [-0.3, -0.25) is 4.79 Å². The number of rotatable bonds is 2. The smallest absolute Gasteiger partial charge is 0.271 e. The Morgan fingerprint density at radius 2 is 2.23 bits per heavy atom. The molecule has 0 fully saturated rings. The molecule has 0 saturated carbocycles. The molecule has 0 aromatic carbocycles. The fraction of sp³-hybridized carbons (Fsp3) is 0.286. The number of aliphatic hydroxyl groups is 1. The van der Waals surface area contributed by atoms with Crippen LogP contribution in [0.5, 0.6) is 0 Å². The van der Waals surface area contributed by atoms with Crippen LogP contribution in [0.15, 0.2) is 11.0 Å². The highest BCUT2D eigenvalue weighted by atomic mass is 19.3. The van der Waals surface area contributed by atoms with Crippen molar-refractivity contribution in [3.05, 3.63) is 27.7 Å². The van der Waals surface area contributed by atoms with Gasteiger partial charge in [0.05, 0.1) is 12.2 Å². The zero-order valence-electron chi connectivity index (χ0n) is 6.55. The van der Waals surface area contributed by atoms with Crippen molar-refractivity contribution in [3.63, 3.8) is 0 Å². The summed E-state index contributed by atoms with van der Waals surface area (Å²) in [6, 6.07) is 0. The van der Waals surface area contributed by atoms with Gasteiger partial charge >= 0.3 is 0 Å². The Hall–Kier alpha value is -1.43. The Morgan fingerprint density at radius 1 is 1.62 bits per heavy atom. The van der Waals surface area contributed by atoms with Crippen molar-refractivity contribution < 1.29 is 13.9 Å². The van der Waals surface area contributed by atoms with Crippen molar-refractivity contribution >= 4 is 5.69 Å². The Morgan fingerprint density at radius 3 is 2.69 bits per heavy atom. The van der Waals surface area contributed by atoms with Crippen LogP contribution in [0.1, 0.15) is 17.6 Å². The standard InChI is InChI=1S/C7H8F2N2O2/c8-6(9)4-3(2-12)1-11-7(13)5(4)10/h1,6,12H,2,10H2,(H,11,13). The topological polar surface area (TPSA) is 79.1 Å². The van der Waals surface area contributed by atoms with E-state index >= 15 is 0 Å². The third kappa shape index (κ3) is 1.67. The number of nitrogens with one attached hydrogen (secondary N) is 1. The van der Waals surface area contributed by atoms with Crippen LogP contribution in [0.4, 0.5) is 14.5 Å². The second kappa shape index (κ2) is 3.53. The molecule has 0 atom stereocenters. The van der Waals surface area contributed by atoms with Crippen molar-refractivity contribution in [1.82, 2.24) is 4.98 Å². The van der Waals surface area contributed by atoms with Gasteiger partial charge < -0.3 is 15.8 Å². The summed E-state index contributed by atoms with van der Waals surface area (Å²) in [4.78, 5) is 13.0. The number of nitrogen functional groups attached to an aromatic ring is 1. The van der Waals surface area contributed by atoms with Gasteiger partial charge in [0.15, 0.2) is 0 Å². The van der Waals surface area contributed by atoms with E-state index in [-0.39, 0.29) is 5.56 Å². The number of aliphatic hydroxyl groups excluding tert-OH is 1. The van der Waals surface area contributed by atoms with Crippen molar-refractivity contribution in [2.75, 3.05) is 5.73 Å². The van der Waals surface area contributed by atoms with Gasteiger partial charge in [-0.15, -0.1) is 0 Å². The van der Waals surface area contributed by atoms with Crippen molar-refractivity contribution in [2.45, 2.75) is 13.0 Å². The van der Waals surface area contributed by atoms with E-state index in [1.165, 1.54) is 0 Å². The molecule has 0 aliphatic carbocycles. The van der Waals surface area contributed by atoms with Crippen LogP contribution >= 0.6 is 0 Å². The van der Waals surface area contributed by atoms with Crippen LogP contribution < -0.4 is 11.3 Å². The predicted octanol–water partition coefficient (Wildman–Crippen LogP) is 0.387. The molecule has 13 heavy (non-hydrogen) atoms. The van der Waals surface area contributed by atoms with Crippen molar-refractivity contribution in [3.8, 4) is 0 Å². The molecule has 0 unspecified atom stereocenters. The van der Waals surface area contributed by atoms with Crippen LogP contribution in [-0.2, 0) is 6.61 Å². The van der Waals surface area contributed by atoms with E-state index in [4.69, 9.17) is 10.8 Å². The number of anilines is 1. The monoisotopic (exact) mass is 190 g/mol. The average Bonchev–Trinajstić information content (AvgIpc) is 2.08. The van der Waals surface area contributed by atoms with Gasteiger partial charge in [0.2, 0.25) is 0 Å². The molecule has 4 nitrogen and oxygen atoms in total. The summed E-state index contributed by atoms with van der Waals surface area (Å²) in [5.74, 6) is 0. The summed E-state index contributed by atoms with van der Waals surface area (Å²) in [5.41, 5.74) is 3.16. The Labute approximate surface area is 72.0 Å². The molecule has 72 valence electrons. The number of hydrogen-bond donors (Lipinski definition) is 3. The number of hydrogen-bond acceptors (Lipinski definition) is 3. The Balaban J connectivity index is 3.41. The number of alkyl halides is 2. The number of aromatic amines is 1. The lowest BCUT2D eigenvalue weighted by Crippen LogP contribution is -2.16. The third-order valence-corrected chi connectivity index (χ3v) is 1.65.